The molecule has 16 heteroatoms. The molecule has 12 nitrogen and oxygen atoms in total. The van der Waals surface area contributed by atoms with Crippen molar-refractivity contribution in [2.45, 2.75) is 0 Å². The minimum absolute atomic E-state index is 0. The Labute approximate surface area is 134 Å². The van der Waals surface area contributed by atoms with Crippen molar-refractivity contribution in [3.8, 4) is 0 Å². The topological polar surface area (TPSA) is 287 Å². The van der Waals surface area contributed by atoms with Crippen LogP contribution in [0.2, 0.25) is 0 Å². The zero-order chi connectivity index (χ0) is 9.00. The van der Waals surface area contributed by atoms with Gasteiger partial charge in [-0.25, -0.2) is 0 Å². The SMILES string of the molecule is O.O.O.O.O=P([O-])(O)O.O=P([O-])(O)O.[Na+].[Na+]. The van der Waals surface area contributed by atoms with Crippen molar-refractivity contribution in [3.63, 3.8) is 0 Å². The summed E-state index contributed by atoms with van der Waals surface area (Å²) in [5, 5.41) is 0. The Morgan fingerprint density at radius 1 is 0.625 bits per heavy atom. The van der Waals surface area contributed by atoms with Crippen molar-refractivity contribution >= 4 is 15.6 Å². The summed E-state index contributed by atoms with van der Waals surface area (Å²) in [6.07, 6.45) is 0. The first-order valence-corrected chi connectivity index (χ1v) is 4.59. The van der Waals surface area contributed by atoms with E-state index in [1.165, 1.54) is 0 Å². The zero-order valence-corrected chi connectivity index (χ0v) is 14.1. The Hall–Kier alpha value is 2.06. The van der Waals surface area contributed by atoms with Gasteiger partial charge in [0.05, 0.1) is 0 Å². The molecule has 0 aliphatic heterocycles. The predicted octanol–water partition coefficient (Wildman–Crippen LogP) is -12.4. The fraction of sp³-hybridized carbons (Fsp3) is 0. The zero-order valence-electron chi connectivity index (χ0n) is 8.32. The normalized spacial score (nSPS) is 7.38. The fourth-order valence-electron chi connectivity index (χ4n) is 0. The van der Waals surface area contributed by atoms with Crippen LogP contribution in [-0.2, 0) is 9.13 Å². The summed E-state index contributed by atoms with van der Waals surface area (Å²) < 4.78 is 17.5. The minimum Gasteiger partial charge on any atom is -0.756 e. The molecule has 0 aromatic rings. The molecule has 96 valence electrons. The van der Waals surface area contributed by atoms with Gasteiger partial charge in [-0.3, -0.25) is 9.13 Å². The molecule has 0 heterocycles. The summed E-state index contributed by atoms with van der Waals surface area (Å²) in [5.41, 5.74) is 0. The summed E-state index contributed by atoms with van der Waals surface area (Å²) in [4.78, 5) is 45.8. The van der Waals surface area contributed by atoms with Gasteiger partial charge in [0.1, 0.15) is 0 Å². The van der Waals surface area contributed by atoms with Gasteiger partial charge >= 0.3 is 59.1 Å². The maximum atomic E-state index is 8.77. The molecule has 0 spiro atoms. The van der Waals surface area contributed by atoms with E-state index in [1.54, 1.807) is 0 Å². The molecule has 0 saturated carbocycles. The molecule has 0 atom stereocenters. The molecule has 0 saturated heterocycles. The standard InChI is InChI=1S/2Na.2H3O4P.4H2O/c;;2*1-5(2,3)4;;;;/h;;2*(H3,1,2,3,4);4*1H2/q2*+1;;;;;;/p-2. The van der Waals surface area contributed by atoms with Crippen LogP contribution in [0.15, 0.2) is 0 Å². The number of rotatable bonds is 0. The van der Waals surface area contributed by atoms with E-state index in [0.717, 1.165) is 0 Å². The van der Waals surface area contributed by atoms with Crippen molar-refractivity contribution in [3.05, 3.63) is 0 Å². The molecule has 0 bridgehead atoms. The van der Waals surface area contributed by atoms with Crippen LogP contribution in [-0.4, -0.2) is 41.5 Å². The van der Waals surface area contributed by atoms with Gasteiger partial charge in [0.2, 0.25) is 0 Å². The van der Waals surface area contributed by atoms with Crippen molar-refractivity contribution in [2.75, 3.05) is 0 Å². The molecule has 0 aromatic heterocycles. The van der Waals surface area contributed by atoms with Crippen LogP contribution >= 0.6 is 15.6 Å². The second kappa shape index (κ2) is 22.3. The molecule has 0 unspecified atom stereocenters. The van der Waals surface area contributed by atoms with Gasteiger partial charge in [-0.1, -0.05) is 0 Å². The van der Waals surface area contributed by atoms with Crippen molar-refractivity contribution < 1.29 is 120 Å². The predicted molar refractivity (Wildman–Crippen MR) is 38.5 cm³/mol. The largest absolute Gasteiger partial charge is 1.00 e. The van der Waals surface area contributed by atoms with Crippen LogP contribution < -0.4 is 68.9 Å². The summed E-state index contributed by atoms with van der Waals surface area (Å²) in [6.45, 7) is 0. The molecule has 0 radical (unpaired) electrons. The van der Waals surface area contributed by atoms with Gasteiger partial charge in [0.25, 0.3) is 15.6 Å². The quantitative estimate of drug-likeness (QED) is 0.245. The van der Waals surface area contributed by atoms with E-state index in [2.05, 4.69) is 0 Å². The Balaban J connectivity index is -0.00000000970. The van der Waals surface area contributed by atoms with Gasteiger partial charge in [0.15, 0.2) is 0 Å². The second-order valence-electron chi connectivity index (χ2n) is 0.981. The summed E-state index contributed by atoms with van der Waals surface area (Å²) in [6, 6.07) is 0. The molecule has 16 heavy (non-hydrogen) atoms. The van der Waals surface area contributed by atoms with E-state index in [-0.39, 0.29) is 81.0 Å². The fourth-order valence-corrected chi connectivity index (χ4v) is 0. The summed E-state index contributed by atoms with van der Waals surface area (Å²) >= 11 is 0. The van der Waals surface area contributed by atoms with E-state index < -0.39 is 15.6 Å². The molecule has 0 rings (SSSR count). The first-order valence-electron chi connectivity index (χ1n) is 1.53. The molecular formula is H12Na2O12P2. The first-order chi connectivity index (χ1) is 4.00. The Kier molecular flexibility index (Phi) is 72.3. The van der Waals surface area contributed by atoms with Crippen LogP contribution in [0.25, 0.3) is 0 Å². The van der Waals surface area contributed by atoms with Crippen molar-refractivity contribution in [2.24, 2.45) is 0 Å². The van der Waals surface area contributed by atoms with Gasteiger partial charge in [0, 0.05) is 0 Å². The average Bonchev–Trinajstić information content (AvgIpc) is 1.12. The second-order valence-corrected chi connectivity index (χ2v) is 2.94. The maximum Gasteiger partial charge on any atom is 1.00 e. The third-order valence-electron chi connectivity index (χ3n) is 0. The molecule has 12 N–H and O–H groups in total. The minimum atomic E-state index is -4.89. The van der Waals surface area contributed by atoms with E-state index in [1.807, 2.05) is 0 Å². The van der Waals surface area contributed by atoms with Crippen molar-refractivity contribution in [1.82, 2.24) is 0 Å². The monoisotopic (exact) mass is 312 g/mol. The number of hydrogen-bond acceptors (Lipinski definition) is 4. The molecule has 0 fully saturated rings. The van der Waals surface area contributed by atoms with Gasteiger partial charge in [-0.05, 0) is 0 Å². The maximum absolute atomic E-state index is 8.77. The van der Waals surface area contributed by atoms with Crippen molar-refractivity contribution in [1.29, 1.82) is 0 Å². The van der Waals surface area contributed by atoms with Crippen LogP contribution in [0.4, 0.5) is 0 Å². The Morgan fingerprint density at radius 3 is 0.625 bits per heavy atom. The van der Waals surface area contributed by atoms with Crippen LogP contribution in [0.5, 0.6) is 0 Å². The first kappa shape index (κ1) is 51.9. The van der Waals surface area contributed by atoms with E-state index >= 15 is 0 Å². The van der Waals surface area contributed by atoms with Crippen LogP contribution in [0.1, 0.15) is 0 Å². The van der Waals surface area contributed by atoms with Gasteiger partial charge in [-0.15, -0.1) is 0 Å². The summed E-state index contributed by atoms with van der Waals surface area (Å²) in [7, 11) is -9.78. The molecule has 0 aromatic carbocycles. The third kappa shape index (κ3) is 858. The van der Waals surface area contributed by atoms with Crippen LogP contribution in [0, 0.1) is 0 Å². The van der Waals surface area contributed by atoms with Crippen LogP contribution in [0.3, 0.4) is 0 Å². The Bertz CT molecular complexity index is 129. The molecule has 0 aliphatic rings. The van der Waals surface area contributed by atoms with Gasteiger partial charge in [-0.2, -0.15) is 0 Å². The Morgan fingerprint density at radius 2 is 0.625 bits per heavy atom. The summed E-state index contributed by atoms with van der Waals surface area (Å²) in [5.74, 6) is 0. The van der Waals surface area contributed by atoms with Gasteiger partial charge < -0.3 is 51.3 Å². The van der Waals surface area contributed by atoms with E-state index in [4.69, 9.17) is 38.5 Å². The molecule has 0 amide bonds. The average molecular weight is 312 g/mol. The van der Waals surface area contributed by atoms with E-state index in [0.29, 0.717) is 0 Å². The third-order valence-corrected chi connectivity index (χ3v) is 0. The number of hydrogen-bond donors (Lipinski definition) is 4. The van der Waals surface area contributed by atoms with E-state index in [9.17, 15) is 0 Å². The number of phosphoric acid groups is 2. The molecule has 0 aliphatic carbocycles. The molecular weight excluding hydrogens is 300 g/mol. The smallest absolute Gasteiger partial charge is 0.756 e.